The number of pyridine rings is 1. The average molecular weight is 532 g/mol. The maximum atomic E-state index is 15.1. The highest BCUT2D eigenvalue weighted by Gasteiger charge is 2.23. The zero-order chi connectivity index (χ0) is 27.4. The Labute approximate surface area is 223 Å². The first-order valence-corrected chi connectivity index (χ1v) is 12.4. The number of carbonyl (C=O) groups excluding carboxylic acids is 1. The fraction of sp³-hybridized carbons (Fsp3) is 0.214. The second-order valence-electron chi connectivity index (χ2n) is 9.03. The third-order valence-electron chi connectivity index (χ3n) is 6.55. The Balaban J connectivity index is 1.40. The van der Waals surface area contributed by atoms with Crippen LogP contribution in [0.3, 0.4) is 0 Å². The molecule has 9 nitrogen and oxygen atoms in total. The molecule has 2 aromatic heterocycles. The van der Waals surface area contributed by atoms with Gasteiger partial charge in [0.25, 0.3) is 0 Å². The Morgan fingerprint density at radius 3 is 2.67 bits per heavy atom. The van der Waals surface area contributed by atoms with Gasteiger partial charge in [-0.25, -0.2) is 18.7 Å². The number of rotatable bonds is 8. The summed E-state index contributed by atoms with van der Waals surface area (Å²) < 4.78 is 30.2. The number of carbonyl (C=O) groups is 1. The highest BCUT2D eigenvalue weighted by Crippen LogP contribution is 2.31. The third kappa shape index (κ3) is 5.69. The van der Waals surface area contributed by atoms with E-state index in [0.717, 1.165) is 10.9 Å². The highest BCUT2D eigenvalue weighted by atomic mass is 19.2. The number of hydrogen-bond acceptors (Lipinski definition) is 8. The quantitative estimate of drug-likeness (QED) is 0.294. The van der Waals surface area contributed by atoms with E-state index in [1.807, 2.05) is 18.2 Å². The van der Waals surface area contributed by atoms with Crippen LogP contribution >= 0.6 is 0 Å². The number of amides is 1. The summed E-state index contributed by atoms with van der Waals surface area (Å²) in [5.74, 6) is -2.22. The predicted molar refractivity (Wildman–Crippen MR) is 147 cm³/mol. The Morgan fingerprint density at radius 1 is 1.08 bits per heavy atom. The lowest BCUT2D eigenvalue weighted by Gasteiger charge is -2.36. The van der Waals surface area contributed by atoms with Crippen molar-refractivity contribution in [1.29, 1.82) is 0 Å². The molecule has 1 aliphatic heterocycles. The van der Waals surface area contributed by atoms with Crippen molar-refractivity contribution in [2.24, 2.45) is 0 Å². The maximum absolute atomic E-state index is 15.1. The first-order valence-electron chi connectivity index (χ1n) is 12.4. The molecular weight excluding hydrogens is 504 g/mol. The molecule has 0 atom stereocenters. The lowest BCUT2D eigenvalue weighted by molar-refractivity contribution is -0.111. The van der Waals surface area contributed by atoms with Gasteiger partial charge in [-0.1, -0.05) is 24.8 Å². The second kappa shape index (κ2) is 11.5. The van der Waals surface area contributed by atoms with Crippen LogP contribution in [0.1, 0.15) is 0 Å². The topological polar surface area (TPSA) is 107 Å². The van der Waals surface area contributed by atoms with Crippen LogP contribution in [-0.4, -0.2) is 70.2 Å². The number of halogens is 2. The zero-order valence-corrected chi connectivity index (χ0v) is 21.1. The van der Waals surface area contributed by atoms with Crippen LogP contribution < -0.4 is 15.5 Å². The SMILES string of the molecule is C=CC(=O)Nc1cncc(-c2cccc3cnc(Nc4ccc(N5CCN(CCO)CC5)c(F)c4F)nc23)c1. The Morgan fingerprint density at radius 2 is 1.90 bits per heavy atom. The van der Waals surface area contributed by atoms with Gasteiger partial charge in [0, 0.05) is 61.6 Å². The summed E-state index contributed by atoms with van der Waals surface area (Å²) in [5.41, 5.74) is 2.61. The molecule has 1 saturated heterocycles. The summed E-state index contributed by atoms with van der Waals surface area (Å²) in [4.78, 5) is 28.7. The molecular formula is C28H27F2N7O2. The number of para-hydroxylation sites is 1. The average Bonchev–Trinajstić information content (AvgIpc) is 2.96. The molecule has 0 unspecified atom stereocenters. The van der Waals surface area contributed by atoms with E-state index in [4.69, 9.17) is 5.11 Å². The predicted octanol–water partition coefficient (Wildman–Crippen LogP) is 3.95. The van der Waals surface area contributed by atoms with Crippen LogP contribution in [0.15, 0.2) is 67.6 Å². The number of benzene rings is 2. The molecule has 0 bridgehead atoms. The van der Waals surface area contributed by atoms with Crippen molar-refractivity contribution < 1.29 is 18.7 Å². The minimum atomic E-state index is -1.02. The van der Waals surface area contributed by atoms with E-state index >= 15 is 8.78 Å². The van der Waals surface area contributed by atoms with Crippen LogP contribution in [0.5, 0.6) is 0 Å². The molecule has 11 heteroatoms. The molecule has 5 rings (SSSR count). The number of piperazine rings is 1. The smallest absolute Gasteiger partial charge is 0.247 e. The number of aliphatic hydroxyl groups excluding tert-OH is 1. The minimum absolute atomic E-state index is 0.0684. The molecule has 3 N–H and O–H groups in total. The summed E-state index contributed by atoms with van der Waals surface area (Å²) in [6.07, 6.45) is 5.93. The van der Waals surface area contributed by atoms with E-state index in [2.05, 4.69) is 37.1 Å². The van der Waals surface area contributed by atoms with E-state index < -0.39 is 11.6 Å². The molecule has 2 aromatic carbocycles. The number of anilines is 4. The van der Waals surface area contributed by atoms with Gasteiger partial charge in [0.2, 0.25) is 11.9 Å². The van der Waals surface area contributed by atoms with Gasteiger partial charge in [0.05, 0.1) is 35.4 Å². The molecule has 0 saturated carbocycles. The van der Waals surface area contributed by atoms with E-state index in [1.165, 1.54) is 18.3 Å². The van der Waals surface area contributed by atoms with Crippen molar-refractivity contribution >= 4 is 39.8 Å². The molecule has 39 heavy (non-hydrogen) atoms. The second-order valence-corrected chi connectivity index (χ2v) is 9.03. The lowest BCUT2D eigenvalue weighted by atomic mass is 10.0. The maximum Gasteiger partial charge on any atom is 0.247 e. The zero-order valence-electron chi connectivity index (χ0n) is 21.1. The minimum Gasteiger partial charge on any atom is -0.395 e. The van der Waals surface area contributed by atoms with Crippen molar-refractivity contribution in [3.63, 3.8) is 0 Å². The van der Waals surface area contributed by atoms with E-state index in [1.54, 1.807) is 29.4 Å². The van der Waals surface area contributed by atoms with Crippen molar-refractivity contribution in [2.75, 3.05) is 54.9 Å². The number of nitrogens with one attached hydrogen (secondary N) is 2. The van der Waals surface area contributed by atoms with Crippen molar-refractivity contribution in [3.8, 4) is 11.1 Å². The number of β-amino-alcohol motifs (C(OH)–C–C–N with tert-alkyl or cyclic N) is 1. The Kier molecular flexibility index (Phi) is 7.71. The Bertz CT molecular complexity index is 1520. The largest absolute Gasteiger partial charge is 0.395 e. The number of fused-ring (bicyclic) bond motifs is 1. The lowest BCUT2D eigenvalue weighted by Crippen LogP contribution is -2.47. The summed E-state index contributed by atoms with van der Waals surface area (Å²) >= 11 is 0. The molecule has 1 fully saturated rings. The number of nitrogens with zero attached hydrogens (tertiary/aromatic N) is 5. The number of hydrogen-bond donors (Lipinski definition) is 3. The monoisotopic (exact) mass is 531 g/mol. The van der Waals surface area contributed by atoms with Crippen molar-refractivity contribution in [2.45, 2.75) is 0 Å². The van der Waals surface area contributed by atoms with Crippen LogP contribution in [0, 0.1) is 11.6 Å². The van der Waals surface area contributed by atoms with Crippen LogP contribution in [0.4, 0.5) is 31.8 Å². The summed E-state index contributed by atoms with van der Waals surface area (Å²) in [6, 6.07) is 10.3. The van der Waals surface area contributed by atoms with Gasteiger partial charge >= 0.3 is 0 Å². The molecule has 0 spiro atoms. The fourth-order valence-corrected chi connectivity index (χ4v) is 4.55. The van der Waals surface area contributed by atoms with Gasteiger partial charge < -0.3 is 20.6 Å². The summed E-state index contributed by atoms with van der Waals surface area (Å²) in [7, 11) is 0. The molecule has 0 aliphatic carbocycles. The van der Waals surface area contributed by atoms with E-state index in [9.17, 15) is 4.79 Å². The highest BCUT2D eigenvalue weighted by molar-refractivity contribution is 6.00. The molecule has 4 aromatic rings. The van der Waals surface area contributed by atoms with E-state index in [-0.39, 0.29) is 29.8 Å². The Hall–Kier alpha value is -4.48. The van der Waals surface area contributed by atoms with Crippen molar-refractivity contribution in [1.82, 2.24) is 19.9 Å². The normalized spacial score (nSPS) is 13.9. The summed E-state index contributed by atoms with van der Waals surface area (Å²) in [5, 5.41) is 15.3. The first-order chi connectivity index (χ1) is 19.0. The van der Waals surface area contributed by atoms with Gasteiger partial charge in [0.1, 0.15) is 0 Å². The number of aromatic nitrogens is 3. The van der Waals surface area contributed by atoms with Crippen molar-refractivity contribution in [3.05, 3.63) is 79.3 Å². The standard InChI is InChI=1S/C28H27F2N7O2/c1-2-24(39)33-20-14-19(15-31-17-20)21-5-3-4-18-16-32-28(35-27(18)21)34-22-6-7-23(26(30)25(22)29)37-10-8-36(9-11-37)12-13-38/h2-7,14-17,38H,1,8-13H2,(H,33,39)(H,32,34,35). The van der Waals surface area contributed by atoms with Gasteiger partial charge in [-0.15, -0.1) is 0 Å². The fourth-order valence-electron chi connectivity index (χ4n) is 4.55. The molecule has 1 aliphatic rings. The third-order valence-corrected chi connectivity index (χ3v) is 6.55. The molecule has 3 heterocycles. The number of aliphatic hydroxyl groups is 1. The van der Waals surface area contributed by atoms with E-state index in [0.29, 0.717) is 49.5 Å². The molecule has 200 valence electrons. The first kappa shape index (κ1) is 26.1. The van der Waals surface area contributed by atoms with Gasteiger partial charge in [-0.3, -0.25) is 14.7 Å². The van der Waals surface area contributed by atoms with Gasteiger partial charge in [-0.2, -0.15) is 0 Å². The summed E-state index contributed by atoms with van der Waals surface area (Å²) in [6.45, 7) is 6.48. The van der Waals surface area contributed by atoms with Crippen LogP contribution in [0.25, 0.3) is 22.0 Å². The van der Waals surface area contributed by atoms with Crippen LogP contribution in [0.2, 0.25) is 0 Å². The van der Waals surface area contributed by atoms with Gasteiger partial charge in [0.15, 0.2) is 11.6 Å². The molecule has 0 radical (unpaired) electrons. The van der Waals surface area contributed by atoms with Gasteiger partial charge in [-0.05, 0) is 24.3 Å². The van der Waals surface area contributed by atoms with Crippen LogP contribution in [-0.2, 0) is 4.79 Å². The molecule has 1 amide bonds.